The van der Waals surface area contributed by atoms with E-state index < -0.39 is 0 Å². The van der Waals surface area contributed by atoms with Crippen LogP contribution in [0, 0.1) is 0 Å². The van der Waals surface area contributed by atoms with E-state index in [0.717, 1.165) is 38.4 Å². The van der Waals surface area contributed by atoms with Gasteiger partial charge in [-0.15, -0.1) is 0 Å². The van der Waals surface area contributed by atoms with Gasteiger partial charge < -0.3 is 20.7 Å². The Kier molecular flexibility index (Phi) is 5.46. The van der Waals surface area contributed by atoms with Crippen LogP contribution in [0.5, 0.6) is 0 Å². The highest BCUT2D eigenvalue weighted by molar-refractivity contribution is 5.38. The summed E-state index contributed by atoms with van der Waals surface area (Å²) in [5.41, 5.74) is 8.62. The number of nitrogens with one attached hydrogen (secondary N) is 1. The van der Waals surface area contributed by atoms with Crippen molar-refractivity contribution in [3.8, 4) is 0 Å². The van der Waals surface area contributed by atoms with Gasteiger partial charge in [0.2, 0.25) is 11.9 Å². The van der Waals surface area contributed by atoms with Gasteiger partial charge >= 0.3 is 0 Å². The average molecular weight is 383 g/mol. The first kappa shape index (κ1) is 19.1. The normalized spacial score (nSPS) is 20.5. The number of aromatic nitrogens is 3. The molecule has 0 bridgehead atoms. The van der Waals surface area contributed by atoms with E-state index in [4.69, 9.17) is 15.5 Å². The third kappa shape index (κ3) is 4.10. The minimum absolute atomic E-state index is 0.250. The van der Waals surface area contributed by atoms with E-state index in [2.05, 4.69) is 58.3 Å². The Bertz CT molecular complexity index is 812. The molecule has 28 heavy (non-hydrogen) atoms. The molecule has 2 aliphatic heterocycles. The molecule has 2 aliphatic rings. The standard InChI is InChI=1S/C21H30N6O/c1-21(2,13-15-5-3-4-6-17(15)16-7-8-23-14-16)18-24-19(22)26-20(25-18)27-9-11-28-12-10-27/h3-6,16,23H,7-14H2,1-2H3,(H2,22,24,25,26). The first-order valence-electron chi connectivity index (χ1n) is 10.2. The van der Waals surface area contributed by atoms with Crippen molar-refractivity contribution in [1.29, 1.82) is 0 Å². The molecule has 1 atom stereocenters. The molecule has 1 aromatic carbocycles. The molecule has 0 spiro atoms. The van der Waals surface area contributed by atoms with Crippen LogP contribution in [0.3, 0.4) is 0 Å². The average Bonchev–Trinajstić information content (AvgIpc) is 3.23. The van der Waals surface area contributed by atoms with Crippen molar-refractivity contribution in [2.24, 2.45) is 0 Å². The molecule has 1 unspecified atom stereocenters. The fourth-order valence-corrected chi connectivity index (χ4v) is 4.16. The third-order valence-corrected chi connectivity index (χ3v) is 5.73. The quantitative estimate of drug-likeness (QED) is 0.816. The maximum atomic E-state index is 6.06. The van der Waals surface area contributed by atoms with Crippen molar-refractivity contribution in [2.75, 3.05) is 50.0 Å². The molecule has 3 heterocycles. The van der Waals surface area contributed by atoms with Gasteiger partial charge in [-0.05, 0) is 36.4 Å². The van der Waals surface area contributed by atoms with E-state index in [9.17, 15) is 0 Å². The fraction of sp³-hybridized carbons (Fsp3) is 0.571. The van der Waals surface area contributed by atoms with Crippen molar-refractivity contribution in [3.63, 3.8) is 0 Å². The van der Waals surface area contributed by atoms with Crippen LogP contribution in [-0.2, 0) is 16.6 Å². The van der Waals surface area contributed by atoms with Crippen LogP contribution >= 0.6 is 0 Å². The van der Waals surface area contributed by atoms with Gasteiger partial charge in [0.25, 0.3) is 0 Å². The predicted molar refractivity (Wildman–Crippen MR) is 111 cm³/mol. The molecule has 7 nitrogen and oxygen atoms in total. The maximum Gasteiger partial charge on any atom is 0.230 e. The molecule has 0 aliphatic carbocycles. The lowest BCUT2D eigenvalue weighted by Gasteiger charge is -2.29. The second-order valence-electron chi connectivity index (χ2n) is 8.37. The minimum Gasteiger partial charge on any atom is -0.378 e. The lowest BCUT2D eigenvalue weighted by molar-refractivity contribution is 0.122. The van der Waals surface area contributed by atoms with Crippen molar-refractivity contribution in [2.45, 2.75) is 38.0 Å². The highest BCUT2D eigenvalue weighted by Gasteiger charge is 2.29. The van der Waals surface area contributed by atoms with Crippen LogP contribution in [-0.4, -0.2) is 54.3 Å². The van der Waals surface area contributed by atoms with E-state index in [-0.39, 0.29) is 11.4 Å². The molecule has 3 N–H and O–H groups in total. The number of nitrogen functional groups attached to an aromatic ring is 1. The van der Waals surface area contributed by atoms with E-state index in [1.807, 2.05) is 0 Å². The van der Waals surface area contributed by atoms with Gasteiger partial charge in [0.05, 0.1) is 13.2 Å². The number of hydrogen-bond donors (Lipinski definition) is 2. The molecule has 0 saturated carbocycles. The van der Waals surface area contributed by atoms with Gasteiger partial charge in [0.1, 0.15) is 5.82 Å². The van der Waals surface area contributed by atoms with E-state index in [1.54, 1.807) is 0 Å². The Morgan fingerprint density at radius 1 is 1.18 bits per heavy atom. The number of ether oxygens (including phenoxy) is 1. The molecule has 2 saturated heterocycles. The molecule has 150 valence electrons. The monoisotopic (exact) mass is 382 g/mol. The highest BCUT2D eigenvalue weighted by atomic mass is 16.5. The van der Waals surface area contributed by atoms with Crippen molar-refractivity contribution < 1.29 is 4.74 Å². The largest absolute Gasteiger partial charge is 0.378 e. The summed E-state index contributed by atoms with van der Waals surface area (Å²) in [5.74, 6) is 2.28. The first-order valence-corrected chi connectivity index (χ1v) is 10.2. The van der Waals surface area contributed by atoms with Gasteiger partial charge in [-0.1, -0.05) is 38.1 Å². The van der Waals surface area contributed by atoms with Crippen LogP contribution in [0.1, 0.15) is 43.1 Å². The fourth-order valence-electron chi connectivity index (χ4n) is 4.16. The summed E-state index contributed by atoms with van der Waals surface area (Å²) in [6, 6.07) is 8.77. The van der Waals surface area contributed by atoms with Crippen LogP contribution in [0.25, 0.3) is 0 Å². The summed E-state index contributed by atoms with van der Waals surface area (Å²) in [6.45, 7) is 9.46. The van der Waals surface area contributed by atoms with Gasteiger partial charge in [-0.25, -0.2) is 0 Å². The van der Waals surface area contributed by atoms with E-state index in [0.29, 0.717) is 25.1 Å². The van der Waals surface area contributed by atoms with Gasteiger partial charge in [-0.3, -0.25) is 0 Å². The molecule has 0 amide bonds. The number of hydrogen-bond acceptors (Lipinski definition) is 7. The summed E-state index contributed by atoms with van der Waals surface area (Å²) >= 11 is 0. The summed E-state index contributed by atoms with van der Waals surface area (Å²) in [6.07, 6.45) is 2.06. The molecule has 2 aromatic rings. The number of anilines is 2. The lowest BCUT2D eigenvalue weighted by Crippen LogP contribution is -2.38. The maximum absolute atomic E-state index is 6.06. The number of rotatable bonds is 5. The molecule has 4 rings (SSSR count). The molecular formula is C21H30N6O. The van der Waals surface area contributed by atoms with E-state index in [1.165, 1.54) is 17.5 Å². The van der Waals surface area contributed by atoms with Crippen molar-refractivity contribution >= 4 is 11.9 Å². The second kappa shape index (κ2) is 8.01. The number of benzene rings is 1. The van der Waals surface area contributed by atoms with Crippen LogP contribution < -0.4 is 16.0 Å². The second-order valence-corrected chi connectivity index (χ2v) is 8.37. The molecular weight excluding hydrogens is 352 g/mol. The Morgan fingerprint density at radius 2 is 1.96 bits per heavy atom. The van der Waals surface area contributed by atoms with E-state index >= 15 is 0 Å². The van der Waals surface area contributed by atoms with Gasteiger partial charge in [0, 0.05) is 25.0 Å². The smallest absolute Gasteiger partial charge is 0.230 e. The molecule has 2 fully saturated rings. The Balaban J connectivity index is 1.61. The number of nitrogens with two attached hydrogens (primary N) is 1. The zero-order chi connectivity index (χ0) is 19.6. The minimum atomic E-state index is -0.250. The van der Waals surface area contributed by atoms with Crippen molar-refractivity contribution in [3.05, 3.63) is 41.2 Å². The summed E-state index contributed by atoms with van der Waals surface area (Å²) in [7, 11) is 0. The Morgan fingerprint density at radius 3 is 2.71 bits per heavy atom. The lowest BCUT2D eigenvalue weighted by atomic mass is 9.81. The summed E-state index contributed by atoms with van der Waals surface area (Å²) in [4.78, 5) is 15.8. The van der Waals surface area contributed by atoms with Crippen LogP contribution in [0.4, 0.5) is 11.9 Å². The van der Waals surface area contributed by atoms with Crippen LogP contribution in [0.2, 0.25) is 0 Å². The predicted octanol–water partition coefficient (Wildman–Crippen LogP) is 1.89. The molecule has 0 radical (unpaired) electrons. The summed E-state index contributed by atoms with van der Waals surface area (Å²) < 4.78 is 5.44. The topological polar surface area (TPSA) is 89.2 Å². The highest BCUT2D eigenvalue weighted by Crippen LogP contribution is 2.32. The molecule has 1 aromatic heterocycles. The summed E-state index contributed by atoms with van der Waals surface area (Å²) in [5, 5.41) is 3.48. The zero-order valence-electron chi connectivity index (χ0n) is 16.8. The Hall–Kier alpha value is -2.25. The van der Waals surface area contributed by atoms with Crippen molar-refractivity contribution in [1.82, 2.24) is 20.3 Å². The zero-order valence-corrected chi connectivity index (χ0v) is 16.8. The van der Waals surface area contributed by atoms with Gasteiger partial charge in [-0.2, -0.15) is 15.0 Å². The Labute approximate surface area is 166 Å². The number of nitrogens with zero attached hydrogens (tertiary/aromatic N) is 4. The third-order valence-electron chi connectivity index (χ3n) is 5.73. The van der Waals surface area contributed by atoms with Gasteiger partial charge in [0.15, 0.2) is 0 Å². The molecule has 7 heteroatoms. The number of morpholine rings is 1. The first-order chi connectivity index (χ1) is 13.5. The SMILES string of the molecule is CC(C)(Cc1ccccc1C1CCNC1)c1nc(N)nc(N2CCOCC2)n1. The van der Waals surface area contributed by atoms with Crippen LogP contribution in [0.15, 0.2) is 24.3 Å².